The van der Waals surface area contributed by atoms with Gasteiger partial charge in [0.2, 0.25) is 0 Å². The van der Waals surface area contributed by atoms with Crippen LogP contribution in [0.5, 0.6) is 0 Å². The zero-order chi connectivity index (χ0) is 10.8. The predicted octanol–water partition coefficient (Wildman–Crippen LogP) is 4.60. The van der Waals surface area contributed by atoms with E-state index in [1.807, 2.05) is 23.9 Å². The van der Waals surface area contributed by atoms with Gasteiger partial charge in [-0.05, 0) is 54.8 Å². The van der Waals surface area contributed by atoms with Crippen LogP contribution in [-0.4, -0.2) is 10.3 Å². The predicted molar refractivity (Wildman–Crippen MR) is 71.4 cm³/mol. The second-order valence-corrected chi connectivity index (χ2v) is 7.01. The molecule has 0 amide bonds. The van der Waals surface area contributed by atoms with Crippen LogP contribution in [0.1, 0.15) is 32.1 Å². The van der Waals surface area contributed by atoms with E-state index in [9.17, 15) is 0 Å². The average Bonchev–Trinajstić information content (AvgIpc) is 2.72. The molecular formula is C13H17NS2. The molecule has 0 N–H and O–H groups in total. The molecule has 1 aliphatic heterocycles. The van der Waals surface area contributed by atoms with Crippen molar-refractivity contribution in [3.8, 4) is 0 Å². The van der Waals surface area contributed by atoms with Gasteiger partial charge in [0.15, 0.2) is 0 Å². The van der Waals surface area contributed by atoms with E-state index in [4.69, 9.17) is 0 Å². The molecule has 1 aromatic carbocycles. The second-order valence-electron chi connectivity index (χ2n) is 4.65. The van der Waals surface area contributed by atoms with E-state index in [-0.39, 0.29) is 0 Å². The Morgan fingerprint density at radius 3 is 2.25 bits per heavy atom. The smallest absolute Gasteiger partial charge is 0.0388 e. The van der Waals surface area contributed by atoms with Gasteiger partial charge in [-0.1, -0.05) is 31.4 Å². The Morgan fingerprint density at radius 2 is 1.62 bits per heavy atom. The SMILES string of the molecule is c1ccc2c(c1)SN(CC1CCCCC1)S2. The molecule has 1 heterocycles. The molecule has 0 aromatic heterocycles. The van der Waals surface area contributed by atoms with E-state index in [0.29, 0.717) is 0 Å². The van der Waals surface area contributed by atoms with Crippen molar-refractivity contribution in [3.63, 3.8) is 0 Å². The van der Waals surface area contributed by atoms with E-state index in [1.165, 1.54) is 48.4 Å². The second kappa shape index (κ2) is 5.03. The molecule has 3 heteroatoms. The largest absolute Gasteiger partial charge is 0.185 e. The fourth-order valence-corrected chi connectivity index (χ4v) is 4.95. The first-order valence-corrected chi connectivity index (χ1v) is 7.69. The van der Waals surface area contributed by atoms with Crippen LogP contribution in [0.3, 0.4) is 0 Å². The summed E-state index contributed by atoms with van der Waals surface area (Å²) < 4.78 is 2.47. The molecule has 1 aromatic rings. The summed E-state index contributed by atoms with van der Waals surface area (Å²) in [5.74, 6) is 0.933. The van der Waals surface area contributed by atoms with Gasteiger partial charge in [-0.2, -0.15) is 3.71 Å². The van der Waals surface area contributed by atoms with Crippen LogP contribution in [0.25, 0.3) is 0 Å². The molecular weight excluding hydrogens is 234 g/mol. The normalized spacial score (nSPS) is 22.2. The molecule has 3 rings (SSSR count). The molecule has 0 unspecified atom stereocenters. The summed E-state index contributed by atoms with van der Waals surface area (Å²) in [6, 6.07) is 8.73. The molecule has 0 saturated heterocycles. The molecule has 1 nitrogen and oxygen atoms in total. The minimum absolute atomic E-state index is 0.933. The van der Waals surface area contributed by atoms with Crippen molar-refractivity contribution >= 4 is 23.9 Å². The summed E-state index contributed by atoms with van der Waals surface area (Å²) in [5.41, 5.74) is 0. The van der Waals surface area contributed by atoms with Gasteiger partial charge in [0, 0.05) is 16.3 Å². The van der Waals surface area contributed by atoms with Gasteiger partial charge in [-0.3, -0.25) is 0 Å². The molecule has 0 spiro atoms. The molecule has 0 radical (unpaired) electrons. The van der Waals surface area contributed by atoms with E-state index in [1.54, 1.807) is 0 Å². The van der Waals surface area contributed by atoms with Crippen molar-refractivity contribution in [3.05, 3.63) is 24.3 Å². The molecule has 1 aliphatic carbocycles. The van der Waals surface area contributed by atoms with E-state index >= 15 is 0 Å². The molecule has 86 valence electrons. The third-order valence-electron chi connectivity index (χ3n) is 3.38. The van der Waals surface area contributed by atoms with Gasteiger partial charge in [0.25, 0.3) is 0 Å². The molecule has 1 fully saturated rings. The summed E-state index contributed by atoms with van der Waals surface area (Å²) >= 11 is 3.85. The van der Waals surface area contributed by atoms with Crippen molar-refractivity contribution in [2.75, 3.05) is 6.54 Å². The summed E-state index contributed by atoms with van der Waals surface area (Å²) in [5, 5.41) is 0. The maximum atomic E-state index is 2.47. The van der Waals surface area contributed by atoms with Crippen LogP contribution in [0.15, 0.2) is 34.1 Å². The van der Waals surface area contributed by atoms with Gasteiger partial charge in [0.1, 0.15) is 0 Å². The number of rotatable bonds is 2. The van der Waals surface area contributed by atoms with Crippen LogP contribution in [0, 0.1) is 5.92 Å². The first-order chi connectivity index (χ1) is 7.92. The fraction of sp³-hybridized carbons (Fsp3) is 0.538. The molecule has 0 atom stereocenters. The van der Waals surface area contributed by atoms with Crippen molar-refractivity contribution in [1.29, 1.82) is 0 Å². The van der Waals surface area contributed by atoms with Gasteiger partial charge in [0.05, 0.1) is 0 Å². The third-order valence-corrected chi connectivity index (χ3v) is 5.77. The van der Waals surface area contributed by atoms with Crippen molar-refractivity contribution in [1.82, 2.24) is 3.71 Å². The summed E-state index contributed by atoms with van der Waals surface area (Å²) in [6.45, 7) is 1.25. The Bertz CT molecular complexity index is 336. The van der Waals surface area contributed by atoms with Crippen LogP contribution in [0.2, 0.25) is 0 Å². The van der Waals surface area contributed by atoms with E-state index < -0.39 is 0 Å². The van der Waals surface area contributed by atoms with Gasteiger partial charge >= 0.3 is 0 Å². The lowest BCUT2D eigenvalue weighted by molar-refractivity contribution is 0.338. The lowest BCUT2D eigenvalue weighted by Crippen LogP contribution is -2.18. The van der Waals surface area contributed by atoms with Crippen LogP contribution >= 0.6 is 23.9 Å². The number of hydrogen-bond acceptors (Lipinski definition) is 3. The van der Waals surface area contributed by atoms with Crippen molar-refractivity contribution in [2.24, 2.45) is 5.92 Å². The molecule has 1 saturated carbocycles. The van der Waals surface area contributed by atoms with Crippen LogP contribution in [-0.2, 0) is 0 Å². The topological polar surface area (TPSA) is 3.24 Å². The number of hydrogen-bond donors (Lipinski definition) is 0. The zero-order valence-corrected chi connectivity index (χ0v) is 11.0. The number of fused-ring (bicyclic) bond motifs is 1. The van der Waals surface area contributed by atoms with Gasteiger partial charge in [-0.25, -0.2) is 0 Å². The quantitative estimate of drug-likeness (QED) is 0.707. The first kappa shape index (κ1) is 11.0. The lowest BCUT2D eigenvalue weighted by atomic mass is 9.89. The minimum atomic E-state index is 0.933. The monoisotopic (exact) mass is 251 g/mol. The molecule has 0 bridgehead atoms. The maximum absolute atomic E-state index is 2.47. The highest BCUT2D eigenvalue weighted by molar-refractivity contribution is 8.14. The number of benzene rings is 1. The highest BCUT2D eigenvalue weighted by atomic mass is 32.2. The van der Waals surface area contributed by atoms with Gasteiger partial charge < -0.3 is 0 Å². The number of nitrogens with zero attached hydrogens (tertiary/aromatic N) is 1. The maximum Gasteiger partial charge on any atom is 0.0388 e. The Balaban J connectivity index is 1.59. The van der Waals surface area contributed by atoms with Crippen molar-refractivity contribution < 1.29 is 0 Å². The van der Waals surface area contributed by atoms with Crippen molar-refractivity contribution in [2.45, 2.75) is 41.9 Å². The Hall–Kier alpha value is -0.120. The van der Waals surface area contributed by atoms with E-state index in [2.05, 4.69) is 28.0 Å². The van der Waals surface area contributed by atoms with Gasteiger partial charge in [-0.15, -0.1) is 0 Å². The highest BCUT2D eigenvalue weighted by Crippen LogP contribution is 2.47. The van der Waals surface area contributed by atoms with Crippen LogP contribution in [0.4, 0.5) is 0 Å². The summed E-state index contributed by atoms with van der Waals surface area (Å²) in [4.78, 5) is 2.87. The lowest BCUT2D eigenvalue weighted by Gasteiger charge is -2.24. The summed E-state index contributed by atoms with van der Waals surface area (Å²) in [6.07, 6.45) is 7.22. The highest BCUT2D eigenvalue weighted by Gasteiger charge is 2.24. The Morgan fingerprint density at radius 1 is 1.00 bits per heavy atom. The fourth-order valence-electron chi connectivity index (χ4n) is 2.49. The first-order valence-electron chi connectivity index (χ1n) is 6.14. The molecule has 16 heavy (non-hydrogen) atoms. The standard InChI is InChI=1S/C13H17NS2/c1-2-6-11(7-3-1)10-14-15-12-8-4-5-9-13(12)16-14/h4-5,8-9,11H,1-3,6-7,10H2. The Labute approximate surface area is 106 Å². The summed E-state index contributed by atoms with van der Waals surface area (Å²) in [7, 11) is 0. The van der Waals surface area contributed by atoms with Crippen LogP contribution < -0.4 is 0 Å². The Kier molecular flexibility index (Phi) is 3.46. The third kappa shape index (κ3) is 2.41. The molecule has 2 aliphatic rings. The minimum Gasteiger partial charge on any atom is -0.185 e. The van der Waals surface area contributed by atoms with E-state index in [0.717, 1.165) is 5.92 Å². The average molecular weight is 251 g/mol. The zero-order valence-electron chi connectivity index (χ0n) is 9.39.